The Kier molecular flexibility index (Phi) is 6.81. The van der Waals surface area contributed by atoms with Crippen molar-refractivity contribution >= 4 is 65.4 Å². The third kappa shape index (κ3) is 4.83. The van der Waals surface area contributed by atoms with E-state index in [-0.39, 0.29) is 5.41 Å². The highest BCUT2D eigenvalue weighted by Crippen LogP contribution is 2.40. The van der Waals surface area contributed by atoms with E-state index < -0.39 is 0 Å². The lowest BCUT2D eigenvalue weighted by Gasteiger charge is -2.19. The third-order valence-corrected chi connectivity index (χ3v) is 11.6. The summed E-state index contributed by atoms with van der Waals surface area (Å²) >= 11 is 0. The van der Waals surface area contributed by atoms with Gasteiger partial charge >= 0.3 is 0 Å². The topological polar surface area (TPSA) is 14.8 Å². The molecule has 3 nitrogen and oxygen atoms in total. The van der Waals surface area contributed by atoms with Crippen molar-refractivity contribution in [2.24, 2.45) is 0 Å². The molecule has 8 aromatic carbocycles. The molecule has 0 saturated heterocycles. The fraction of sp³-hybridized carbons (Fsp3) is 0.0769. The fourth-order valence-corrected chi connectivity index (χ4v) is 8.96. The molecule has 262 valence electrons. The van der Waals surface area contributed by atoms with E-state index in [0.29, 0.717) is 0 Å². The van der Waals surface area contributed by atoms with Gasteiger partial charge in [-0.1, -0.05) is 130 Å². The van der Waals surface area contributed by atoms with Gasteiger partial charge in [0, 0.05) is 49.4 Å². The van der Waals surface area contributed by atoms with E-state index in [1.807, 2.05) is 0 Å². The van der Waals surface area contributed by atoms with E-state index in [9.17, 15) is 0 Å². The molecule has 11 aromatic rings. The van der Waals surface area contributed by atoms with Crippen LogP contribution < -0.4 is 0 Å². The summed E-state index contributed by atoms with van der Waals surface area (Å²) in [6, 6.07) is 67.1. The summed E-state index contributed by atoms with van der Waals surface area (Å²) in [4.78, 5) is 0. The van der Waals surface area contributed by atoms with Crippen LogP contribution in [0.3, 0.4) is 0 Å². The van der Waals surface area contributed by atoms with Crippen LogP contribution in [0.25, 0.3) is 93.6 Å². The zero-order chi connectivity index (χ0) is 36.8. The van der Waals surface area contributed by atoms with Gasteiger partial charge in [0.2, 0.25) is 0 Å². The van der Waals surface area contributed by atoms with Crippen LogP contribution in [0.5, 0.6) is 0 Å². The highest BCUT2D eigenvalue weighted by atomic mass is 15.0. The molecule has 11 rings (SSSR count). The van der Waals surface area contributed by atoms with Crippen molar-refractivity contribution in [3.8, 4) is 28.2 Å². The summed E-state index contributed by atoms with van der Waals surface area (Å²) in [5.74, 6) is 0. The van der Waals surface area contributed by atoms with Crippen LogP contribution in [0, 0.1) is 0 Å². The first kappa shape index (κ1) is 31.7. The van der Waals surface area contributed by atoms with Crippen molar-refractivity contribution in [3.05, 3.63) is 188 Å². The molecule has 0 unspecified atom stereocenters. The van der Waals surface area contributed by atoms with Crippen LogP contribution in [-0.4, -0.2) is 13.7 Å². The number of hydrogen-bond acceptors (Lipinski definition) is 0. The first-order chi connectivity index (χ1) is 26.9. The number of para-hydroxylation sites is 5. The molecule has 0 amide bonds. The lowest BCUT2D eigenvalue weighted by Crippen LogP contribution is -2.10. The van der Waals surface area contributed by atoms with Crippen molar-refractivity contribution in [2.75, 3.05) is 0 Å². The Morgan fingerprint density at radius 3 is 1.13 bits per heavy atom. The number of hydrogen-bond donors (Lipinski definition) is 0. The molecule has 0 spiro atoms. The number of fused-ring (bicyclic) bond motifs is 9. The van der Waals surface area contributed by atoms with Crippen LogP contribution in [-0.2, 0) is 5.41 Å². The van der Waals surface area contributed by atoms with Gasteiger partial charge < -0.3 is 13.7 Å². The summed E-state index contributed by atoms with van der Waals surface area (Å²) in [5, 5.41) is 7.58. The Morgan fingerprint density at radius 2 is 0.673 bits per heavy atom. The highest BCUT2D eigenvalue weighted by Gasteiger charge is 2.20. The molecule has 0 aliphatic carbocycles. The number of benzene rings is 8. The molecule has 0 radical (unpaired) electrons. The first-order valence-electron chi connectivity index (χ1n) is 19.2. The average Bonchev–Trinajstić information content (AvgIpc) is 3.86. The predicted molar refractivity (Wildman–Crippen MR) is 234 cm³/mol. The van der Waals surface area contributed by atoms with Gasteiger partial charge in [0.05, 0.1) is 33.1 Å². The molecule has 3 heterocycles. The van der Waals surface area contributed by atoms with Gasteiger partial charge in [-0.2, -0.15) is 0 Å². The Labute approximate surface area is 319 Å². The van der Waals surface area contributed by atoms with Gasteiger partial charge in [-0.05, 0) is 94.9 Å². The number of nitrogens with zero attached hydrogens (tertiary/aromatic N) is 3. The maximum Gasteiger partial charge on any atom is 0.0541 e. The van der Waals surface area contributed by atoms with Crippen molar-refractivity contribution in [2.45, 2.75) is 26.2 Å². The lowest BCUT2D eigenvalue weighted by atomic mass is 9.86. The van der Waals surface area contributed by atoms with Crippen molar-refractivity contribution < 1.29 is 0 Å². The summed E-state index contributed by atoms with van der Waals surface area (Å²) in [6.07, 6.45) is 0. The van der Waals surface area contributed by atoms with Gasteiger partial charge in [-0.3, -0.25) is 0 Å². The van der Waals surface area contributed by atoms with E-state index in [1.165, 1.54) is 76.5 Å². The van der Waals surface area contributed by atoms with Crippen LogP contribution in [0.2, 0.25) is 0 Å². The van der Waals surface area contributed by atoms with Gasteiger partial charge in [-0.25, -0.2) is 0 Å². The molecule has 55 heavy (non-hydrogen) atoms. The second-order valence-electron chi connectivity index (χ2n) is 15.9. The van der Waals surface area contributed by atoms with E-state index in [1.54, 1.807) is 0 Å². The minimum atomic E-state index is 0.0440. The van der Waals surface area contributed by atoms with Gasteiger partial charge in [0.1, 0.15) is 0 Å². The summed E-state index contributed by atoms with van der Waals surface area (Å²) in [7, 11) is 0. The summed E-state index contributed by atoms with van der Waals surface area (Å²) in [5.41, 5.74) is 14.3. The van der Waals surface area contributed by atoms with Crippen molar-refractivity contribution in [1.29, 1.82) is 0 Å². The largest absolute Gasteiger partial charge is 0.309 e. The molecule has 0 aliphatic heterocycles. The molecule has 0 saturated carbocycles. The number of rotatable bonds is 4. The molecule has 0 fully saturated rings. The monoisotopic (exact) mass is 705 g/mol. The van der Waals surface area contributed by atoms with Crippen LogP contribution in [0.4, 0.5) is 0 Å². The SMILES string of the molecule is CC(C)(C)c1ccc2c(c1)c1ccccc1n2-c1cc(-c2cccc(-n3c4ccccc4c4ccccc43)c2)cc(-n2c3ccccc3c3ccccc32)c1. The predicted octanol–water partition coefficient (Wildman–Crippen LogP) is 13.9. The first-order valence-corrected chi connectivity index (χ1v) is 19.2. The quantitative estimate of drug-likeness (QED) is 0.173. The summed E-state index contributed by atoms with van der Waals surface area (Å²) in [6.45, 7) is 6.88. The second kappa shape index (κ2) is 11.8. The van der Waals surface area contributed by atoms with E-state index in [2.05, 4.69) is 216 Å². The minimum Gasteiger partial charge on any atom is -0.309 e. The molecular weight excluding hydrogens is 667 g/mol. The summed E-state index contributed by atoms with van der Waals surface area (Å²) < 4.78 is 7.32. The Balaban J connectivity index is 1.21. The minimum absolute atomic E-state index is 0.0440. The van der Waals surface area contributed by atoms with Crippen LogP contribution in [0.15, 0.2) is 182 Å². The Bertz CT molecular complexity index is 3200. The van der Waals surface area contributed by atoms with Crippen molar-refractivity contribution in [1.82, 2.24) is 13.7 Å². The molecule has 3 aromatic heterocycles. The zero-order valence-electron chi connectivity index (χ0n) is 31.2. The number of aromatic nitrogens is 3. The van der Waals surface area contributed by atoms with Gasteiger partial charge in [0.25, 0.3) is 0 Å². The molecule has 3 heteroatoms. The van der Waals surface area contributed by atoms with Gasteiger partial charge in [0.15, 0.2) is 0 Å². The second-order valence-corrected chi connectivity index (χ2v) is 15.9. The molecule has 0 aliphatic rings. The maximum absolute atomic E-state index is 2.47. The smallest absolute Gasteiger partial charge is 0.0541 e. The fourth-order valence-electron chi connectivity index (χ4n) is 8.96. The van der Waals surface area contributed by atoms with Gasteiger partial charge in [-0.15, -0.1) is 0 Å². The molecule has 0 bridgehead atoms. The normalized spacial score (nSPS) is 12.3. The van der Waals surface area contributed by atoms with Crippen LogP contribution in [0.1, 0.15) is 26.3 Å². The standard InChI is InChI=1S/C52H39N3/c1-52(2,3)36-27-28-51-45(32-36)44-21-8-13-26-50(44)55(51)39-31-35(30-38(33-39)54-48-24-11-6-19-42(48)43-20-7-12-25-49(43)54)34-15-14-16-37(29-34)53-46-22-9-4-17-40(46)41-18-5-10-23-47(41)53/h4-33H,1-3H3. The molecule has 0 atom stereocenters. The average molecular weight is 706 g/mol. The van der Waals surface area contributed by atoms with E-state index >= 15 is 0 Å². The third-order valence-electron chi connectivity index (χ3n) is 11.6. The van der Waals surface area contributed by atoms with Crippen molar-refractivity contribution in [3.63, 3.8) is 0 Å². The lowest BCUT2D eigenvalue weighted by molar-refractivity contribution is 0.591. The van der Waals surface area contributed by atoms with E-state index in [4.69, 9.17) is 0 Å². The maximum atomic E-state index is 2.47. The molecule has 0 N–H and O–H groups in total. The Hall–Kier alpha value is -6.84. The molecular formula is C52H39N3. The van der Waals surface area contributed by atoms with Crippen LogP contribution >= 0.6 is 0 Å². The highest BCUT2D eigenvalue weighted by molar-refractivity contribution is 6.11. The van der Waals surface area contributed by atoms with E-state index in [0.717, 1.165) is 22.6 Å². The zero-order valence-corrected chi connectivity index (χ0v) is 31.2. The Morgan fingerprint density at radius 1 is 0.291 bits per heavy atom.